The van der Waals surface area contributed by atoms with Crippen molar-refractivity contribution in [2.75, 3.05) is 19.8 Å². The van der Waals surface area contributed by atoms with Gasteiger partial charge in [0.25, 0.3) is 0 Å². The van der Waals surface area contributed by atoms with Crippen LogP contribution in [0.25, 0.3) is 0 Å². The molecule has 0 aliphatic heterocycles. The average molecular weight is 445 g/mol. The lowest BCUT2D eigenvalue weighted by Crippen LogP contribution is -2.24. The second kappa shape index (κ2) is 17.9. The van der Waals surface area contributed by atoms with Crippen LogP contribution in [0.1, 0.15) is 59.3 Å². The van der Waals surface area contributed by atoms with E-state index in [-0.39, 0.29) is 30.7 Å². The molecule has 4 N–H and O–H groups in total. The smallest absolute Gasteiger partial charge is 0.306 e. The highest BCUT2D eigenvalue weighted by atomic mass is 16.5. The predicted molar refractivity (Wildman–Crippen MR) is 118 cm³/mol. The van der Waals surface area contributed by atoms with Gasteiger partial charge in [-0.3, -0.25) is 9.59 Å². The van der Waals surface area contributed by atoms with Crippen LogP contribution in [0.2, 0.25) is 0 Å². The van der Waals surface area contributed by atoms with Gasteiger partial charge >= 0.3 is 11.9 Å². The van der Waals surface area contributed by atoms with Crippen LogP contribution >= 0.6 is 0 Å². The summed E-state index contributed by atoms with van der Waals surface area (Å²) in [7, 11) is 0. The molecule has 2 aliphatic rings. The number of allylic oxidation sites excluding steroid dienone is 4. The number of carboxylic acids is 2. The Labute approximate surface area is 185 Å². The molecule has 0 spiro atoms. The van der Waals surface area contributed by atoms with E-state index in [0.717, 1.165) is 38.5 Å². The molecule has 8 nitrogen and oxygen atoms in total. The number of carboxylic acid groups (broad SMARTS) is 2. The number of hydrogen-bond acceptors (Lipinski definition) is 6. The zero-order valence-corrected chi connectivity index (χ0v) is 19.0. The fourth-order valence-corrected chi connectivity index (χ4v) is 2.74. The van der Waals surface area contributed by atoms with Gasteiger partial charge in [-0.2, -0.15) is 0 Å². The van der Waals surface area contributed by atoms with Crippen molar-refractivity contribution in [3.8, 4) is 0 Å². The molecule has 0 aromatic heterocycles. The predicted octanol–water partition coefficient (Wildman–Crippen LogP) is 3.02. The summed E-state index contributed by atoms with van der Waals surface area (Å²) in [5.41, 5.74) is 0. The van der Waals surface area contributed by atoms with E-state index in [4.69, 9.17) is 29.9 Å². The van der Waals surface area contributed by atoms with Gasteiger partial charge in [0.05, 0.1) is 50.0 Å². The second-order valence-electron chi connectivity index (χ2n) is 7.96. The molecule has 5 unspecified atom stereocenters. The standard InChI is InChI=1S/C9H20O4.2C7H10O2/c1-7(11)5-12-9(3)6-13-8(2)4-10;2*8-7(9)6-4-2-1-3-5-6/h7-11H,4-6H2,1-3H3;2*1-2,6H,3-5H2,(H,8,9). The molecular weight excluding hydrogens is 404 g/mol. The van der Waals surface area contributed by atoms with Gasteiger partial charge in [0.15, 0.2) is 0 Å². The summed E-state index contributed by atoms with van der Waals surface area (Å²) in [6, 6.07) is 0. The molecule has 0 saturated carbocycles. The quantitative estimate of drug-likeness (QED) is 0.399. The fraction of sp³-hybridized carbons (Fsp3) is 0.739. The zero-order chi connectivity index (χ0) is 23.6. The Morgan fingerprint density at radius 1 is 0.839 bits per heavy atom. The molecule has 31 heavy (non-hydrogen) atoms. The Bertz CT molecular complexity index is 510. The largest absolute Gasteiger partial charge is 0.481 e. The first kappa shape index (κ1) is 29.3. The zero-order valence-electron chi connectivity index (χ0n) is 19.0. The summed E-state index contributed by atoms with van der Waals surface area (Å²) in [6.07, 6.45) is 12.2. The third-order valence-corrected chi connectivity index (χ3v) is 4.73. The first-order chi connectivity index (χ1) is 14.7. The van der Waals surface area contributed by atoms with E-state index in [2.05, 4.69) is 0 Å². The van der Waals surface area contributed by atoms with Gasteiger partial charge in [-0.15, -0.1) is 0 Å². The van der Waals surface area contributed by atoms with E-state index in [1.807, 2.05) is 31.2 Å². The van der Waals surface area contributed by atoms with E-state index in [0.29, 0.717) is 13.2 Å². The van der Waals surface area contributed by atoms with Gasteiger partial charge in [-0.1, -0.05) is 24.3 Å². The van der Waals surface area contributed by atoms with Crippen molar-refractivity contribution in [3.05, 3.63) is 24.3 Å². The summed E-state index contributed by atoms with van der Waals surface area (Å²) in [6.45, 7) is 6.10. The SMILES string of the molecule is CC(O)COC(C)COC(C)CO.O=C(O)C1CC=CCC1.O=C(O)C1CC=CCC1. The highest BCUT2D eigenvalue weighted by Gasteiger charge is 2.17. The number of carbonyl (C=O) groups is 2. The number of aliphatic hydroxyl groups excluding tert-OH is 2. The van der Waals surface area contributed by atoms with E-state index in [9.17, 15) is 9.59 Å². The monoisotopic (exact) mass is 444 g/mol. The summed E-state index contributed by atoms with van der Waals surface area (Å²) >= 11 is 0. The van der Waals surface area contributed by atoms with Crippen LogP contribution in [0.5, 0.6) is 0 Å². The van der Waals surface area contributed by atoms with Crippen LogP contribution < -0.4 is 0 Å². The van der Waals surface area contributed by atoms with Crippen molar-refractivity contribution in [3.63, 3.8) is 0 Å². The second-order valence-corrected chi connectivity index (χ2v) is 7.96. The van der Waals surface area contributed by atoms with Crippen LogP contribution in [0.4, 0.5) is 0 Å². The third kappa shape index (κ3) is 16.6. The van der Waals surface area contributed by atoms with Crippen LogP contribution in [0.3, 0.4) is 0 Å². The van der Waals surface area contributed by atoms with Gasteiger partial charge in [-0.05, 0) is 59.3 Å². The molecule has 2 rings (SSSR count). The molecule has 0 heterocycles. The number of aliphatic hydroxyl groups is 2. The first-order valence-electron chi connectivity index (χ1n) is 10.9. The van der Waals surface area contributed by atoms with Crippen LogP contribution in [-0.4, -0.2) is 70.5 Å². The Morgan fingerprint density at radius 2 is 1.29 bits per heavy atom. The van der Waals surface area contributed by atoms with E-state index >= 15 is 0 Å². The van der Waals surface area contributed by atoms with E-state index in [1.54, 1.807) is 13.8 Å². The number of aliphatic carboxylic acids is 2. The summed E-state index contributed by atoms with van der Waals surface area (Å²) in [5, 5.41) is 34.6. The summed E-state index contributed by atoms with van der Waals surface area (Å²) < 4.78 is 10.5. The molecule has 8 heteroatoms. The van der Waals surface area contributed by atoms with Crippen LogP contribution in [0, 0.1) is 11.8 Å². The minimum Gasteiger partial charge on any atom is -0.481 e. The topological polar surface area (TPSA) is 134 Å². The van der Waals surface area contributed by atoms with Crippen molar-refractivity contribution in [2.45, 2.75) is 77.6 Å². The van der Waals surface area contributed by atoms with E-state index in [1.165, 1.54) is 0 Å². The van der Waals surface area contributed by atoms with Crippen molar-refractivity contribution in [1.29, 1.82) is 0 Å². The van der Waals surface area contributed by atoms with Gasteiger partial charge < -0.3 is 29.9 Å². The lowest BCUT2D eigenvalue weighted by Gasteiger charge is -2.16. The highest BCUT2D eigenvalue weighted by Crippen LogP contribution is 2.18. The normalized spacial score (nSPS) is 22.7. The molecule has 0 bridgehead atoms. The minimum atomic E-state index is -0.653. The molecule has 0 radical (unpaired) electrons. The molecule has 5 atom stereocenters. The van der Waals surface area contributed by atoms with Crippen LogP contribution in [-0.2, 0) is 19.1 Å². The maximum absolute atomic E-state index is 10.3. The minimum absolute atomic E-state index is 0.0170. The lowest BCUT2D eigenvalue weighted by atomic mass is 9.95. The molecule has 0 fully saturated rings. The fourth-order valence-electron chi connectivity index (χ4n) is 2.74. The lowest BCUT2D eigenvalue weighted by molar-refractivity contribution is -0.142. The Hall–Kier alpha value is -1.74. The maximum atomic E-state index is 10.3. The van der Waals surface area contributed by atoms with Gasteiger partial charge in [0.1, 0.15) is 0 Å². The molecule has 0 amide bonds. The van der Waals surface area contributed by atoms with Crippen molar-refractivity contribution >= 4 is 11.9 Å². The molecule has 0 aromatic carbocycles. The van der Waals surface area contributed by atoms with Crippen molar-refractivity contribution < 1.29 is 39.5 Å². The Morgan fingerprint density at radius 3 is 1.58 bits per heavy atom. The van der Waals surface area contributed by atoms with E-state index < -0.39 is 18.0 Å². The van der Waals surface area contributed by atoms with Gasteiger partial charge in [0.2, 0.25) is 0 Å². The molecule has 180 valence electrons. The van der Waals surface area contributed by atoms with Gasteiger partial charge in [-0.25, -0.2) is 0 Å². The maximum Gasteiger partial charge on any atom is 0.306 e. The summed E-state index contributed by atoms with van der Waals surface area (Å²) in [5.74, 6) is -1.54. The molecular formula is C23H40O8. The van der Waals surface area contributed by atoms with Gasteiger partial charge in [0, 0.05) is 0 Å². The number of ether oxygens (including phenoxy) is 2. The first-order valence-corrected chi connectivity index (χ1v) is 10.9. The highest BCUT2D eigenvalue weighted by molar-refractivity contribution is 5.70. The molecule has 2 aliphatic carbocycles. The van der Waals surface area contributed by atoms with Crippen LogP contribution in [0.15, 0.2) is 24.3 Å². The number of hydrogen-bond donors (Lipinski definition) is 4. The third-order valence-electron chi connectivity index (χ3n) is 4.73. The summed E-state index contributed by atoms with van der Waals surface area (Å²) in [4.78, 5) is 20.6. The van der Waals surface area contributed by atoms with Crippen molar-refractivity contribution in [1.82, 2.24) is 0 Å². The average Bonchev–Trinajstić information content (AvgIpc) is 2.78. The Balaban J connectivity index is 0.000000445. The Kier molecular flexibility index (Phi) is 16.9. The van der Waals surface area contributed by atoms with Crippen molar-refractivity contribution in [2.24, 2.45) is 11.8 Å². The molecule has 0 saturated heterocycles. The molecule has 0 aromatic rings. The number of rotatable bonds is 9.